The molecule has 0 atom stereocenters. The highest BCUT2D eigenvalue weighted by Gasteiger charge is 2.27. The third kappa shape index (κ3) is 5.24. The molecule has 2 amide bonds. The van der Waals surface area contributed by atoms with Crippen molar-refractivity contribution in [2.24, 2.45) is 0 Å². The maximum Gasteiger partial charge on any atom is 0.339 e. The molecular weight excluding hydrogens is 424 g/mol. The van der Waals surface area contributed by atoms with Gasteiger partial charge in [0.15, 0.2) is 6.61 Å². The van der Waals surface area contributed by atoms with E-state index in [-0.39, 0.29) is 30.8 Å². The molecule has 2 aromatic rings. The van der Waals surface area contributed by atoms with Gasteiger partial charge in [-0.15, -0.1) is 0 Å². The third-order valence-corrected chi connectivity index (χ3v) is 5.79. The Hall–Kier alpha value is -3.62. The van der Waals surface area contributed by atoms with E-state index in [0.29, 0.717) is 49.8 Å². The second-order valence-electron chi connectivity index (χ2n) is 7.90. The van der Waals surface area contributed by atoms with Crippen LogP contribution in [0, 0.1) is 0 Å². The predicted molar refractivity (Wildman–Crippen MR) is 123 cm³/mol. The topological polar surface area (TPSA) is 92.3 Å². The Bertz CT molecular complexity index is 1010. The first kappa shape index (κ1) is 22.6. The van der Waals surface area contributed by atoms with Gasteiger partial charge in [-0.05, 0) is 37.6 Å². The number of rotatable bonds is 6. The van der Waals surface area contributed by atoms with Crippen molar-refractivity contribution in [1.82, 2.24) is 9.88 Å². The van der Waals surface area contributed by atoms with E-state index in [9.17, 15) is 14.4 Å². The molecule has 9 heteroatoms. The second kappa shape index (κ2) is 10.3. The SMILES string of the molecule is CCOC(=O)c1ccc(N2CCCN(C(=O)CCN3C(=O)COc4ccccc43)CC2)nc1. The maximum atomic E-state index is 12.9. The summed E-state index contributed by atoms with van der Waals surface area (Å²) in [6, 6.07) is 10.9. The van der Waals surface area contributed by atoms with Crippen LogP contribution < -0.4 is 14.5 Å². The fourth-order valence-electron chi connectivity index (χ4n) is 4.07. The first-order valence-corrected chi connectivity index (χ1v) is 11.2. The van der Waals surface area contributed by atoms with Gasteiger partial charge < -0.3 is 24.2 Å². The molecule has 0 aliphatic carbocycles. The Balaban J connectivity index is 1.32. The molecule has 2 aliphatic rings. The number of amides is 2. The van der Waals surface area contributed by atoms with E-state index in [1.807, 2.05) is 35.2 Å². The highest BCUT2D eigenvalue weighted by molar-refractivity contribution is 5.98. The number of aromatic nitrogens is 1. The number of carbonyl (C=O) groups excluding carboxylic acids is 3. The summed E-state index contributed by atoms with van der Waals surface area (Å²) in [5.41, 5.74) is 1.13. The summed E-state index contributed by atoms with van der Waals surface area (Å²) in [6.45, 7) is 5.06. The van der Waals surface area contributed by atoms with Crippen LogP contribution in [0.3, 0.4) is 0 Å². The van der Waals surface area contributed by atoms with Gasteiger partial charge >= 0.3 is 5.97 Å². The molecule has 0 bridgehead atoms. The summed E-state index contributed by atoms with van der Waals surface area (Å²) in [5.74, 6) is 0.940. The minimum absolute atomic E-state index is 0.00810. The lowest BCUT2D eigenvalue weighted by atomic mass is 10.2. The minimum atomic E-state index is -0.384. The van der Waals surface area contributed by atoms with Crippen LogP contribution in [0.2, 0.25) is 0 Å². The van der Waals surface area contributed by atoms with Crippen LogP contribution in [-0.4, -0.2) is 73.6 Å². The first-order chi connectivity index (χ1) is 16.1. The van der Waals surface area contributed by atoms with Crippen molar-refractivity contribution in [2.75, 3.05) is 55.7 Å². The Morgan fingerprint density at radius 3 is 2.73 bits per heavy atom. The number of para-hydroxylation sites is 2. The second-order valence-corrected chi connectivity index (χ2v) is 7.90. The number of anilines is 2. The number of carbonyl (C=O) groups is 3. The zero-order valence-electron chi connectivity index (χ0n) is 18.7. The number of nitrogens with zero attached hydrogens (tertiary/aromatic N) is 4. The maximum absolute atomic E-state index is 12.9. The van der Waals surface area contributed by atoms with Gasteiger partial charge in [-0.2, -0.15) is 0 Å². The van der Waals surface area contributed by atoms with Gasteiger partial charge in [-0.3, -0.25) is 9.59 Å². The zero-order chi connectivity index (χ0) is 23.2. The lowest BCUT2D eigenvalue weighted by Gasteiger charge is -2.30. The van der Waals surface area contributed by atoms with Gasteiger partial charge in [-0.1, -0.05) is 12.1 Å². The smallest absolute Gasteiger partial charge is 0.339 e. The average Bonchev–Trinajstić information content (AvgIpc) is 3.10. The Labute approximate surface area is 192 Å². The van der Waals surface area contributed by atoms with Crippen molar-refractivity contribution in [3.05, 3.63) is 48.2 Å². The van der Waals surface area contributed by atoms with Crippen molar-refractivity contribution < 1.29 is 23.9 Å². The van der Waals surface area contributed by atoms with E-state index >= 15 is 0 Å². The molecule has 0 radical (unpaired) electrons. The van der Waals surface area contributed by atoms with Gasteiger partial charge in [0.25, 0.3) is 5.91 Å². The quantitative estimate of drug-likeness (QED) is 0.620. The van der Waals surface area contributed by atoms with Crippen LogP contribution in [0.5, 0.6) is 5.75 Å². The highest BCUT2D eigenvalue weighted by Crippen LogP contribution is 2.31. The molecule has 33 heavy (non-hydrogen) atoms. The molecule has 2 aliphatic heterocycles. The number of hydrogen-bond acceptors (Lipinski definition) is 7. The molecule has 1 fully saturated rings. The lowest BCUT2D eigenvalue weighted by Crippen LogP contribution is -2.42. The molecule has 0 N–H and O–H groups in total. The normalized spacial score (nSPS) is 16.0. The summed E-state index contributed by atoms with van der Waals surface area (Å²) in [6.07, 6.45) is 2.59. The van der Waals surface area contributed by atoms with Crippen molar-refractivity contribution in [3.8, 4) is 5.75 Å². The van der Waals surface area contributed by atoms with E-state index < -0.39 is 0 Å². The number of ether oxygens (including phenoxy) is 2. The third-order valence-electron chi connectivity index (χ3n) is 5.79. The summed E-state index contributed by atoms with van der Waals surface area (Å²) in [7, 11) is 0. The van der Waals surface area contributed by atoms with Gasteiger partial charge in [-0.25, -0.2) is 9.78 Å². The summed E-state index contributed by atoms with van der Waals surface area (Å²) in [4.78, 5) is 47.1. The fourth-order valence-corrected chi connectivity index (χ4v) is 4.07. The van der Waals surface area contributed by atoms with Gasteiger partial charge in [0.2, 0.25) is 5.91 Å². The van der Waals surface area contributed by atoms with Gasteiger partial charge in [0.05, 0.1) is 17.9 Å². The largest absolute Gasteiger partial charge is 0.482 e. The van der Waals surface area contributed by atoms with Crippen LogP contribution in [0.4, 0.5) is 11.5 Å². The highest BCUT2D eigenvalue weighted by atomic mass is 16.5. The molecule has 0 spiro atoms. The van der Waals surface area contributed by atoms with Crippen LogP contribution in [0.15, 0.2) is 42.6 Å². The van der Waals surface area contributed by atoms with Crippen molar-refractivity contribution >= 4 is 29.3 Å². The predicted octanol–water partition coefficient (Wildman–Crippen LogP) is 2.11. The van der Waals surface area contributed by atoms with E-state index in [0.717, 1.165) is 18.8 Å². The van der Waals surface area contributed by atoms with Crippen LogP contribution >= 0.6 is 0 Å². The van der Waals surface area contributed by atoms with Crippen LogP contribution in [-0.2, 0) is 14.3 Å². The molecule has 4 rings (SSSR count). The first-order valence-electron chi connectivity index (χ1n) is 11.2. The number of fused-ring (bicyclic) bond motifs is 1. The zero-order valence-corrected chi connectivity index (χ0v) is 18.7. The number of benzene rings is 1. The van der Waals surface area contributed by atoms with Crippen molar-refractivity contribution in [3.63, 3.8) is 0 Å². The average molecular weight is 453 g/mol. The van der Waals surface area contributed by atoms with E-state index in [2.05, 4.69) is 9.88 Å². The molecular formula is C24H28N4O5. The van der Waals surface area contributed by atoms with Crippen LogP contribution in [0.25, 0.3) is 0 Å². The van der Waals surface area contributed by atoms with E-state index in [4.69, 9.17) is 9.47 Å². The Morgan fingerprint density at radius 1 is 1.09 bits per heavy atom. The summed E-state index contributed by atoms with van der Waals surface area (Å²) < 4.78 is 10.5. The van der Waals surface area contributed by atoms with E-state index in [1.54, 1.807) is 17.9 Å². The molecule has 9 nitrogen and oxygen atoms in total. The molecule has 174 valence electrons. The number of pyridine rings is 1. The van der Waals surface area contributed by atoms with E-state index in [1.165, 1.54) is 6.20 Å². The summed E-state index contributed by atoms with van der Waals surface area (Å²) in [5, 5.41) is 0. The molecule has 0 unspecified atom stereocenters. The molecule has 0 saturated carbocycles. The Morgan fingerprint density at radius 2 is 1.94 bits per heavy atom. The fraction of sp³-hybridized carbons (Fsp3) is 0.417. The summed E-state index contributed by atoms with van der Waals surface area (Å²) >= 11 is 0. The lowest BCUT2D eigenvalue weighted by molar-refractivity contribution is -0.130. The monoisotopic (exact) mass is 452 g/mol. The van der Waals surface area contributed by atoms with Gasteiger partial charge in [0, 0.05) is 45.3 Å². The Kier molecular flexibility index (Phi) is 7.07. The number of hydrogen-bond donors (Lipinski definition) is 0. The standard InChI is InChI=1S/C24H28N4O5/c1-2-32-24(31)18-8-9-21(25-16-18)26-11-5-12-27(15-14-26)22(29)10-13-28-19-6-3-4-7-20(19)33-17-23(28)30/h3-4,6-9,16H,2,5,10-15,17H2,1H3. The molecule has 1 aromatic carbocycles. The minimum Gasteiger partial charge on any atom is -0.482 e. The molecule has 3 heterocycles. The van der Waals surface area contributed by atoms with Crippen LogP contribution in [0.1, 0.15) is 30.1 Å². The number of esters is 1. The van der Waals surface area contributed by atoms with Crippen molar-refractivity contribution in [1.29, 1.82) is 0 Å². The van der Waals surface area contributed by atoms with Gasteiger partial charge in [0.1, 0.15) is 11.6 Å². The molecule has 1 aromatic heterocycles. The molecule has 1 saturated heterocycles. The van der Waals surface area contributed by atoms with Crippen molar-refractivity contribution in [2.45, 2.75) is 19.8 Å².